The summed E-state index contributed by atoms with van der Waals surface area (Å²) in [7, 11) is -3.46. The monoisotopic (exact) mass is 311 g/mol. The molecule has 0 spiro atoms. The lowest BCUT2D eigenvalue weighted by molar-refractivity contribution is 0.308. The van der Waals surface area contributed by atoms with E-state index < -0.39 is 21.0 Å². The lowest BCUT2D eigenvalue weighted by Crippen LogP contribution is -2.35. The van der Waals surface area contributed by atoms with Crippen molar-refractivity contribution in [2.75, 3.05) is 0 Å². The third-order valence-corrected chi connectivity index (χ3v) is 6.68. The summed E-state index contributed by atoms with van der Waals surface area (Å²) in [5.41, 5.74) is 0. The van der Waals surface area contributed by atoms with Crippen LogP contribution in [0.4, 0.5) is 0 Å². The molecular formula is C15H18ClNO2S. The van der Waals surface area contributed by atoms with E-state index in [4.69, 9.17) is 11.6 Å². The van der Waals surface area contributed by atoms with Gasteiger partial charge in [-0.3, -0.25) is 0 Å². The molecular weight excluding hydrogens is 294 g/mol. The molecule has 3 atom stereocenters. The smallest absolute Gasteiger partial charge is 0.182 e. The number of nitrogens with zero attached hydrogens (tertiary/aromatic N) is 1. The highest BCUT2D eigenvalue weighted by atomic mass is 35.5. The van der Waals surface area contributed by atoms with Gasteiger partial charge in [-0.2, -0.15) is 5.26 Å². The topological polar surface area (TPSA) is 57.9 Å². The van der Waals surface area contributed by atoms with Crippen molar-refractivity contribution in [2.24, 2.45) is 11.8 Å². The van der Waals surface area contributed by atoms with Crippen LogP contribution in [0.2, 0.25) is 5.02 Å². The van der Waals surface area contributed by atoms with Crippen LogP contribution in [0, 0.1) is 23.2 Å². The Morgan fingerprint density at radius 1 is 1.30 bits per heavy atom. The van der Waals surface area contributed by atoms with Crippen LogP contribution in [0.3, 0.4) is 0 Å². The molecule has 3 unspecified atom stereocenters. The molecule has 1 fully saturated rings. The second-order valence-corrected chi connectivity index (χ2v) is 7.96. The standard InChI is InChI=1S/C15H18ClNO2S/c1-2-11-3-4-12(10-17)15(9-11)20(18,19)14-7-5-13(16)6-8-14/h5-8,11-12,15H,2-4,9H2,1H3. The van der Waals surface area contributed by atoms with Gasteiger partial charge >= 0.3 is 0 Å². The number of halogens is 1. The fourth-order valence-corrected chi connectivity index (χ4v) is 5.02. The van der Waals surface area contributed by atoms with Crippen LogP contribution in [0.5, 0.6) is 0 Å². The Bertz CT molecular complexity index is 604. The van der Waals surface area contributed by atoms with Crippen molar-refractivity contribution in [3.05, 3.63) is 29.3 Å². The van der Waals surface area contributed by atoms with E-state index in [0.29, 0.717) is 23.8 Å². The van der Waals surface area contributed by atoms with Crippen molar-refractivity contribution in [3.8, 4) is 6.07 Å². The molecule has 5 heteroatoms. The minimum absolute atomic E-state index is 0.268. The molecule has 108 valence electrons. The Morgan fingerprint density at radius 2 is 1.95 bits per heavy atom. The first-order chi connectivity index (χ1) is 9.48. The third-order valence-electron chi connectivity index (χ3n) is 4.18. The molecule has 20 heavy (non-hydrogen) atoms. The van der Waals surface area contributed by atoms with Gasteiger partial charge in [0.1, 0.15) is 0 Å². The maximum Gasteiger partial charge on any atom is 0.182 e. The van der Waals surface area contributed by atoms with Crippen LogP contribution in [0.1, 0.15) is 32.6 Å². The second-order valence-electron chi connectivity index (χ2n) is 5.36. The first-order valence-corrected chi connectivity index (χ1v) is 8.80. The van der Waals surface area contributed by atoms with E-state index in [1.807, 2.05) is 0 Å². The molecule has 0 aromatic heterocycles. The van der Waals surface area contributed by atoms with Crippen molar-refractivity contribution >= 4 is 21.4 Å². The van der Waals surface area contributed by atoms with Crippen molar-refractivity contribution < 1.29 is 8.42 Å². The highest BCUT2D eigenvalue weighted by Gasteiger charge is 2.39. The van der Waals surface area contributed by atoms with Gasteiger partial charge in [-0.25, -0.2) is 8.42 Å². The van der Waals surface area contributed by atoms with Crippen molar-refractivity contribution in [1.29, 1.82) is 5.26 Å². The second kappa shape index (κ2) is 6.15. The van der Waals surface area contributed by atoms with Gasteiger partial charge in [-0.15, -0.1) is 0 Å². The maximum absolute atomic E-state index is 12.7. The minimum Gasteiger partial charge on any atom is -0.223 e. The fourth-order valence-electron chi connectivity index (χ4n) is 2.87. The summed E-state index contributed by atoms with van der Waals surface area (Å²) < 4.78 is 25.5. The van der Waals surface area contributed by atoms with Crippen LogP contribution in [-0.4, -0.2) is 13.7 Å². The molecule has 0 heterocycles. The van der Waals surface area contributed by atoms with Gasteiger partial charge in [0.05, 0.1) is 22.1 Å². The van der Waals surface area contributed by atoms with E-state index in [2.05, 4.69) is 13.0 Å². The van der Waals surface area contributed by atoms with Gasteiger partial charge < -0.3 is 0 Å². The largest absolute Gasteiger partial charge is 0.223 e. The first kappa shape index (κ1) is 15.3. The summed E-state index contributed by atoms with van der Waals surface area (Å²) >= 11 is 5.80. The van der Waals surface area contributed by atoms with Crippen molar-refractivity contribution in [2.45, 2.75) is 42.8 Å². The molecule has 1 aromatic rings. The molecule has 0 aliphatic heterocycles. The number of sulfone groups is 1. The number of hydrogen-bond donors (Lipinski definition) is 0. The number of hydrogen-bond acceptors (Lipinski definition) is 3. The highest BCUT2D eigenvalue weighted by Crippen LogP contribution is 2.37. The molecule has 0 N–H and O–H groups in total. The van der Waals surface area contributed by atoms with Gasteiger partial charge in [0.2, 0.25) is 0 Å². The van der Waals surface area contributed by atoms with E-state index in [1.165, 1.54) is 12.1 Å². The Balaban J connectivity index is 2.35. The molecule has 1 aliphatic rings. The average molecular weight is 312 g/mol. The summed E-state index contributed by atoms with van der Waals surface area (Å²) in [5, 5.41) is 9.16. The Morgan fingerprint density at radius 3 is 2.50 bits per heavy atom. The van der Waals surface area contributed by atoms with Gasteiger partial charge in [0, 0.05) is 5.02 Å². The zero-order chi connectivity index (χ0) is 14.8. The predicted octanol–water partition coefficient (Wildman–Crippen LogP) is 3.83. The Hall–Kier alpha value is -1.05. The fraction of sp³-hybridized carbons (Fsp3) is 0.533. The van der Waals surface area contributed by atoms with E-state index in [9.17, 15) is 13.7 Å². The van der Waals surface area contributed by atoms with E-state index in [-0.39, 0.29) is 4.90 Å². The maximum atomic E-state index is 12.7. The van der Waals surface area contributed by atoms with Crippen LogP contribution in [0.25, 0.3) is 0 Å². The van der Waals surface area contributed by atoms with E-state index in [1.54, 1.807) is 12.1 Å². The number of benzene rings is 1. The third kappa shape index (κ3) is 2.99. The summed E-state index contributed by atoms with van der Waals surface area (Å²) in [6, 6.07) is 8.40. The normalized spacial score (nSPS) is 26.9. The molecule has 1 aliphatic carbocycles. The van der Waals surface area contributed by atoms with Crippen LogP contribution >= 0.6 is 11.6 Å². The summed E-state index contributed by atoms with van der Waals surface area (Å²) in [6.07, 6.45) is 3.17. The molecule has 2 rings (SSSR count). The van der Waals surface area contributed by atoms with Gasteiger partial charge in [0.25, 0.3) is 0 Å². The van der Waals surface area contributed by atoms with Gasteiger partial charge in [-0.1, -0.05) is 24.9 Å². The molecule has 0 amide bonds. The van der Waals surface area contributed by atoms with Crippen molar-refractivity contribution in [1.82, 2.24) is 0 Å². The van der Waals surface area contributed by atoms with Crippen LogP contribution < -0.4 is 0 Å². The molecule has 1 saturated carbocycles. The quantitative estimate of drug-likeness (QED) is 0.852. The minimum atomic E-state index is -3.46. The molecule has 1 aromatic carbocycles. The number of nitriles is 1. The molecule has 3 nitrogen and oxygen atoms in total. The summed E-state index contributed by atoms with van der Waals surface area (Å²) in [6.45, 7) is 2.07. The van der Waals surface area contributed by atoms with Gasteiger partial charge in [-0.05, 0) is 49.4 Å². The first-order valence-electron chi connectivity index (χ1n) is 6.88. The van der Waals surface area contributed by atoms with Crippen LogP contribution in [0.15, 0.2) is 29.2 Å². The summed E-state index contributed by atoms with van der Waals surface area (Å²) in [4.78, 5) is 0.268. The van der Waals surface area contributed by atoms with Gasteiger partial charge in [0.15, 0.2) is 9.84 Å². The highest BCUT2D eigenvalue weighted by molar-refractivity contribution is 7.92. The Labute approximate surface area is 125 Å². The summed E-state index contributed by atoms with van der Waals surface area (Å²) in [5.74, 6) is -0.00912. The average Bonchev–Trinajstić information content (AvgIpc) is 2.47. The lowest BCUT2D eigenvalue weighted by Gasteiger charge is -2.31. The molecule has 0 saturated heterocycles. The van der Waals surface area contributed by atoms with Crippen molar-refractivity contribution in [3.63, 3.8) is 0 Å². The zero-order valence-electron chi connectivity index (χ0n) is 11.4. The predicted molar refractivity (Wildman–Crippen MR) is 79.2 cm³/mol. The zero-order valence-corrected chi connectivity index (χ0v) is 13.0. The molecule has 0 bridgehead atoms. The van der Waals surface area contributed by atoms with E-state index in [0.717, 1.165) is 12.8 Å². The van der Waals surface area contributed by atoms with E-state index >= 15 is 0 Å². The van der Waals surface area contributed by atoms with Crippen LogP contribution in [-0.2, 0) is 9.84 Å². The lowest BCUT2D eigenvalue weighted by atomic mass is 9.81. The number of rotatable bonds is 3. The molecule has 0 radical (unpaired) electrons. The SMILES string of the molecule is CCC1CCC(C#N)C(S(=O)(=O)c2ccc(Cl)cc2)C1. The Kier molecular flexibility index (Phi) is 4.72.